The number of hydrogen-bond donors (Lipinski definition) is 1. The summed E-state index contributed by atoms with van der Waals surface area (Å²) in [4.78, 5) is 17.0. The Morgan fingerprint density at radius 1 is 1.33 bits per heavy atom. The number of nitrogens with zero attached hydrogens (tertiary/aromatic N) is 1. The van der Waals surface area contributed by atoms with Crippen molar-refractivity contribution in [1.82, 2.24) is 10.2 Å². The quantitative estimate of drug-likeness (QED) is 0.863. The lowest BCUT2D eigenvalue weighted by Gasteiger charge is -2.38. The number of hydrogen-bond acceptors (Lipinski definition) is 4. The highest BCUT2D eigenvalue weighted by Gasteiger charge is 2.38. The lowest BCUT2D eigenvalue weighted by Crippen LogP contribution is -2.43. The minimum absolute atomic E-state index is 0.232. The Hall–Kier alpha value is -0.910. The number of fused-ring (bicyclic) bond motifs is 1. The van der Waals surface area contributed by atoms with Crippen molar-refractivity contribution in [3.05, 3.63) is 21.4 Å². The predicted molar refractivity (Wildman–Crippen MR) is 82.7 cm³/mol. The molecular formula is C16H22N2O2S. The van der Waals surface area contributed by atoms with Crippen LogP contribution in [0.3, 0.4) is 0 Å². The summed E-state index contributed by atoms with van der Waals surface area (Å²) in [5.74, 6) is 0.232. The zero-order valence-corrected chi connectivity index (χ0v) is 13.1. The van der Waals surface area contributed by atoms with Crippen LogP contribution in [0.1, 0.15) is 39.4 Å². The molecule has 4 nitrogen and oxygen atoms in total. The number of rotatable bonds is 1. The number of carbonyl (C=O) groups excluding carboxylic acids is 1. The van der Waals surface area contributed by atoms with Gasteiger partial charge < -0.3 is 15.0 Å². The molecule has 0 atom stereocenters. The van der Waals surface area contributed by atoms with Gasteiger partial charge in [-0.15, -0.1) is 11.3 Å². The highest BCUT2D eigenvalue weighted by molar-refractivity contribution is 7.14. The van der Waals surface area contributed by atoms with E-state index in [1.54, 1.807) is 11.3 Å². The van der Waals surface area contributed by atoms with Gasteiger partial charge in [-0.1, -0.05) is 0 Å². The van der Waals surface area contributed by atoms with Crippen molar-refractivity contribution in [2.75, 3.05) is 32.8 Å². The fraction of sp³-hybridized carbons (Fsp3) is 0.688. The number of thiophene rings is 1. The summed E-state index contributed by atoms with van der Waals surface area (Å²) in [6.07, 6.45) is 4.54. The molecule has 1 N–H and O–H groups in total. The predicted octanol–water partition coefficient (Wildman–Crippen LogP) is 2.04. The van der Waals surface area contributed by atoms with E-state index in [1.807, 2.05) is 0 Å². The molecule has 3 aliphatic heterocycles. The molecule has 1 aromatic rings. The zero-order valence-electron chi connectivity index (χ0n) is 12.3. The van der Waals surface area contributed by atoms with E-state index in [9.17, 15) is 4.79 Å². The van der Waals surface area contributed by atoms with Gasteiger partial charge in [0.1, 0.15) is 0 Å². The first-order valence-electron chi connectivity index (χ1n) is 7.95. The molecule has 1 aromatic heterocycles. The molecule has 21 heavy (non-hydrogen) atoms. The summed E-state index contributed by atoms with van der Waals surface area (Å²) in [5, 5.41) is 3.48. The first kappa shape index (κ1) is 13.7. The Kier molecular flexibility index (Phi) is 3.52. The summed E-state index contributed by atoms with van der Waals surface area (Å²) in [6, 6.07) is 2.06. The molecule has 0 saturated carbocycles. The van der Waals surface area contributed by atoms with Gasteiger partial charge in [-0.05, 0) is 42.9 Å². The molecule has 4 rings (SSSR count). The van der Waals surface area contributed by atoms with Crippen LogP contribution in [0.25, 0.3) is 0 Å². The van der Waals surface area contributed by atoms with Crippen LogP contribution in [0.2, 0.25) is 0 Å². The van der Waals surface area contributed by atoms with E-state index in [1.165, 1.54) is 16.9 Å². The Morgan fingerprint density at radius 3 is 2.90 bits per heavy atom. The van der Waals surface area contributed by atoms with Crippen LogP contribution in [0.5, 0.6) is 0 Å². The Labute approximate surface area is 129 Å². The monoisotopic (exact) mass is 306 g/mol. The van der Waals surface area contributed by atoms with Crippen LogP contribution in [0.4, 0.5) is 0 Å². The number of piperidine rings is 1. The highest BCUT2D eigenvalue weighted by Crippen LogP contribution is 2.37. The van der Waals surface area contributed by atoms with Gasteiger partial charge in [0.2, 0.25) is 0 Å². The highest BCUT2D eigenvalue weighted by atomic mass is 32.1. The summed E-state index contributed by atoms with van der Waals surface area (Å²) >= 11 is 1.68. The minimum Gasteiger partial charge on any atom is -0.376 e. The van der Waals surface area contributed by atoms with Crippen molar-refractivity contribution in [3.8, 4) is 0 Å². The van der Waals surface area contributed by atoms with Gasteiger partial charge in [0, 0.05) is 30.9 Å². The molecule has 2 saturated heterocycles. The number of carbonyl (C=O) groups is 1. The third-order valence-electron chi connectivity index (χ3n) is 5.28. The van der Waals surface area contributed by atoms with E-state index >= 15 is 0 Å². The van der Waals surface area contributed by atoms with Gasteiger partial charge in [-0.2, -0.15) is 0 Å². The van der Waals surface area contributed by atoms with Crippen LogP contribution >= 0.6 is 11.3 Å². The van der Waals surface area contributed by atoms with Crippen molar-refractivity contribution >= 4 is 17.2 Å². The molecule has 0 aromatic carbocycles. The van der Waals surface area contributed by atoms with Crippen molar-refractivity contribution in [1.29, 1.82) is 0 Å². The summed E-state index contributed by atoms with van der Waals surface area (Å²) in [7, 11) is 0. The second kappa shape index (κ2) is 5.38. The first-order chi connectivity index (χ1) is 10.3. The normalized spacial score (nSPS) is 24.3. The van der Waals surface area contributed by atoms with E-state index in [0.717, 1.165) is 56.9 Å². The molecule has 2 fully saturated rings. The van der Waals surface area contributed by atoms with Crippen molar-refractivity contribution in [2.24, 2.45) is 5.41 Å². The third-order valence-corrected chi connectivity index (χ3v) is 6.51. The molecule has 5 heteroatoms. The van der Waals surface area contributed by atoms with Crippen molar-refractivity contribution in [2.45, 2.75) is 32.3 Å². The summed E-state index contributed by atoms with van der Waals surface area (Å²) in [6.45, 7) is 5.58. The van der Waals surface area contributed by atoms with Crippen molar-refractivity contribution < 1.29 is 9.53 Å². The Bertz CT molecular complexity index is 515. The van der Waals surface area contributed by atoms with Crippen molar-refractivity contribution in [3.63, 3.8) is 0 Å². The minimum atomic E-state index is 0.232. The molecule has 0 unspecified atom stereocenters. The van der Waals surface area contributed by atoms with Crippen LogP contribution in [0.15, 0.2) is 6.07 Å². The second-order valence-corrected chi connectivity index (χ2v) is 7.72. The summed E-state index contributed by atoms with van der Waals surface area (Å²) < 4.78 is 5.47. The van der Waals surface area contributed by atoms with Gasteiger partial charge in [-0.3, -0.25) is 4.79 Å². The van der Waals surface area contributed by atoms with E-state index in [4.69, 9.17) is 4.74 Å². The van der Waals surface area contributed by atoms with Crippen LogP contribution in [0, 0.1) is 5.41 Å². The smallest absolute Gasteiger partial charge is 0.263 e. The average molecular weight is 306 g/mol. The molecule has 114 valence electrons. The number of ether oxygens (including phenoxy) is 1. The Morgan fingerprint density at radius 2 is 2.19 bits per heavy atom. The third kappa shape index (κ3) is 2.51. The molecule has 4 heterocycles. The standard InChI is InChI=1S/C16H22N2O2S/c19-15(14-9-12-10-20-8-1-13(12)21-14)18-6-3-16(4-7-18)2-5-17-11-16/h9,17H,1-8,10-11H2. The van der Waals surface area contributed by atoms with E-state index < -0.39 is 0 Å². The lowest BCUT2D eigenvalue weighted by atomic mass is 9.78. The second-order valence-electron chi connectivity index (χ2n) is 6.58. The molecule has 3 aliphatic rings. The fourth-order valence-corrected chi connectivity index (χ4v) is 4.93. The Balaban J connectivity index is 1.44. The fourth-order valence-electron chi connectivity index (χ4n) is 3.81. The number of likely N-dealkylation sites (tertiary alicyclic amines) is 1. The van der Waals surface area contributed by atoms with Crippen LogP contribution in [-0.4, -0.2) is 43.6 Å². The molecule has 1 spiro atoms. The molecule has 0 bridgehead atoms. The zero-order chi connectivity index (χ0) is 14.3. The molecular weight excluding hydrogens is 284 g/mol. The molecule has 1 amide bonds. The number of amides is 1. The maximum atomic E-state index is 12.7. The van der Waals surface area contributed by atoms with E-state index in [2.05, 4.69) is 16.3 Å². The number of nitrogens with one attached hydrogen (secondary N) is 1. The van der Waals surface area contributed by atoms with Gasteiger partial charge in [0.15, 0.2) is 0 Å². The lowest BCUT2D eigenvalue weighted by molar-refractivity contribution is 0.0612. The van der Waals surface area contributed by atoms with Crippen LogP contribution in [-0.2, 0) is 17.8 Å². The average Bonchev–Trinajstić information content (AvgIpc) is 3.14. The first-order valence-corrected chi connectivity index (χ1v) is 8.77. The van der Waals surface area contributed by atoms with Gasteiger partial charge >= 0.3 is 0 Å². The maximum absolute atomic E-state index is 12.7. The van der Waals surface area contributed by atoms with E-state index in [0.29, 0.717) is 12.0 Å². The van der Waals surface area contributed by atoms with Gasteiger partial charge in [0.25, 0.3) is 5.91 Å². The van der Waals surface area contributed by atoms with Gasteiger partial charge in [-0.25, -0.2) is 0 Å². The maximum Gasteiger partial charge on any atom is 0.263 e. The molecule has 0 radical (unpaired) electrons. The van der Waals surface area contributed by atoms with Gasteiger partial charge in [0.05, 0.1) is 18.1 Å². The SMILES string of the molecule is O=C(c1cc2c(s1)CCOC2)N1CCC2(CCNC2)CC1. The largest absolute Gasteiger partial charge is 0.376 e. The van der Waals surface area contributed by atoms with E-state index in [-0.39, 0.29) is 5.91 Å². The molecule has 0 aliphatic carbocycles. The topological polar surface area (TPSA) is 41.6 Å². The van der Waals surface area contributed by atoms with Crippen LogP contribution < -0.4 is 5.32 Å². The summed E-state index contributed by atoms with van der Waals surface area (Å²) in [5.41, 5.74) is 1.70.